The Morgan fingerprint density at radius 3 is 1.70 bits per heavy atom. The van der Waals surface area contributed by atoms with Crippen LogP contribution in [-0.4, -0.2) is 126 Å². The van der Waals surface area contributed by atoms with Gasteiger partial charge in [0.05, 0.1) is 33.2 Å². The number of piperazine rings is 1. The van der Waals surface area contributed by atoms with Gasteiger partial charge in [0.1, 0.15) is 0 Å². The number of rotatable bonds is 12. The van der Waals surface area contributed by atoms with Gasteiger partial charge in [-0.15, -0.1) is 0 Å². The molecule has 4 heterocycles. The van der Waals surface area contributed by atoms with E-state index in [1.807, 2.05) is 42.5 Å². The third kappa shape index (κ3) is 10.7. The topological polar surface area (TPSA) is 73.8 Å². The molecular formula is C45H57F3N6O3S3. The molecule has 4 aliphatic heterocycles. The van der Waals surface area contributed by atoms with Crippen molar-refractivity contribution in [2.24, 2.45) is 5.92 Å². The highest BCUT2D eigenvalue weighted by Gasteiger charge is 2.33. The fourth-order valence-corrected chi connectivity index (χ4v) is 11.4. The maximum absolute atomic E-state index is 13.3. The van der Waals surface area contributed by atoms with Crippen LogP contribution in [0.2, 0.25) is 0 Å². The van der Waals surface area contributed by atoms with Crippen LogP contribution < -0.4 is 9.80 Å². The zero-order valence-electron chi connectivity index (χ0n) is 34.8. The van der Waals surface area contributed by atoms with Crippen molar-refractivity contribution >= 4 is 56.3 Å². The number of benzene rings is 4. The number of likely N-dealkylation sites (N-methyl/N-ethyl adjacent to an activating group) is 1. The van der Waals surface area contributed by atoms with Gasteiger partial charge in [0, 0.05) is 79.6 Å². The van der Waals surface area contributed by atoms with Crippen LogP contribution in [0, 0.1) is 5.92 Å². The van der Waals surface area contributed by atoms with Gasteiger partial charge in [-0.05, 0) is 132 Å². The Kier molecular flexibility index (Phi) is 14.8. The van der Waals surface area contributed by atoms with Crippen molar-refractivity contribution in [3.8, 4) is 0 Å². The first-order chi connectivity index (χ1) is 28.8. The average Bonchev–Trinajstić information content (AvgIpc) is 3.24. The second kappa shape index (κ2) is 19.8. The fraction of sp³-hybridized carbons (Fsp3) is 0.467. The van der Waals surface area contributed by atoms with Crippen molar-refractivity contribution in [1.82, 2.24) is 19.0 Å². The van der Waals surface area contributed by atoms with Gasteiger partial charge >= 0.3 is 6.18 Å². The number of sulfonamides is 1. The number of alkyl halides is 3. The zero-order chi connectivity index (χ0) is 42.4. The first-order valence-corrected chi connectivity index (χ1v) is 24.0. The van der Waals surface area contributed by atoms with Gasteiger partial charge in [-0.25, -0.2) is 12.7 Å². The molecule has 2 fully saturated rings. The van der Waals surface area contributed by atoms with Crippen LogP contribution in [0.1, 0.15) is 37.7 Å². The van der Waals surface area contributed by atoms with Gasteiger partial charge in [0.2, 0.25) is 10.0 Å². The van der Waals surface area contributed by atoms with Crippen LogP contribution >= 0.6 is 23.5 Å². The molecule has 8 rings (SSSR count). The minimum Gasteiger partial charge on any atom is -0.396 e. The summed E-state index contributed by atoms with van der Waals surface area (Å²) in [5.74, 6) is 0.659. The highest BCUT2D eigenvalue weighted by atomic mass is 32.2. The standard InChI is InChI=1S/C24H33N3O3S2.C21H24F3N3S/c1-25(2)32(29,30)20-8-9-24-22(18-20)27(21-6-3-4-7-23(21)31-24)14-5-13-26-15-10-19(11-16-26)12-17-28;1-25-11-13-26(14-12-25)9-4-10-27-17-5-2-3-6-19(17)28-20-8-7-16(15-18(20)27)21(22,23)24/h3-4,6-9,18-19,28H,5,10-17H2,1-2H3;2-3,5-8,15H,4,9-14H2,1H3. The molecule has 2 saturated heterocycles. The van der Waals surface area contributed by atoms with Crippen molar-refractivity contribution in [3.63, 3.8) is 0 Å². The zero-order valence-corrected chi connectivity index (χ0v) is 37.2. The summed E-state index contributed by atoms with van der Waals surface area (Å²) in [6.07, 6.45) is 0.843. The van der Waals surface area contributed by atoms with Crippen LogP contribution in [0.5, 0.6) is 0 Å². The van der Waals surface area contributed by atoms with E-state index in [4.69, 9.17) is 5.11 Å². The van der Waals surface area contributed by atoms with E-state index in [2.05, 4.69) is 49.7 Å². The van der Waals surface area contributed by atoms with Crippen LogP contribution in [0.3, 0.4) is 0 Å². The molecule has 0 aromatic heterocycles. The Balaban J connectivity index is 0.000000183. The summed E-state index contributed by atoms with van der Waals surface area (Å²) in [5, 5.41) is 9.17. The number of nitrogens with zero attached hydrogens (tertiary/aromatic N) is 6. The van der Waals surface area contributed by atoms with E-state index >= 15 is 0 Å². The van der Waals surface area contributed by atoms with Crippen molar-refractivity contribution in [3.05, 3.63) is 90.5 Å². The Hall–Kier alpha value is -3.28. The van der Waals surface area contributed by atoms with E-state index in [1.165, 1.54) is 34.2 Å². The molecule has 324 valence electrons. The minimum absolute atomic E-state index is 0.294. The van der Waals surface area contributed by atoms with Crippen LogP contribution in [-0.2, 0) is 16.2 Å². The number of likely N-dealkylation sites (tertiary alicyclic amines) is 1. The Labute approximate surface area is 362 Å². The molecule has 0 spiro atoms. The second-order valence-electron chi connectivity index (χ2n) is 16.2. The predicted octanol–water partition coefficient (Wildman–Crippen LogP) is 8.97. The van der Waals surface area contributed by atoms with Crippen LogP contribution in [0.15, 0.2) is 109 Å². The number of aliphatic hydroxyl groups excluding tert-OH is 1. The lowest BCUT2D eigenvalue weighted by Gasteiger charge is -2.35. The van der Waals surface area contributed by atoms with Crippen molar-refractivity contribution in [1.29, 1.82) is 0 Å². The first-order valence-electron chi connectivity index (χ1n) is 20.9. The van der Waals surface area contributed by atoms with Gasteiger partial charge < -0.3 is 29.6 Å². The molecule has 0 saturated carbocycles. The molecule has 0 aliphatic carbocycles. The van der Waals surface area contributed by atoms with Crippen LogP contribution in [0.4, 0.5) is 35.9 Å². The van der Waals surface area contributed by atoms with E-state index in [0.717, 1.165) is 110 Å². The molecular weight excluding hydrogens is 826 g/mol. The van der Waals surface area contributed by atoms with E-state index < -0.39 is 21.8 Å². The molecule has 0 atom stereocenters. The summed E-state index contributed by atoms with van der Waals surface area (Å²) in [6, 6.07) is 25.9. The molecule has 0 amide bonds. The normalized spacial score (nSPS) is 17.7. The number of hydrogen-bond acceptors (Lipinski definition) is 10. The SMILES string of the molecule is CN(C)S(=O)(=O)c1ccc2c(c1)N(CCCN1CCC(CCO)CC1)c1ccccc1S2.CN1CCN(CCCN2c3ccccc3Sc3ccc(C(F)(F)F)cc32)CC1. The Morgan fingerprint density at radius 1 is 0.667 bits per heavy atom. The fourth-order valence-electron chi connectivity index (χ4n) is 8.33. The number of anilines is 4. The number of para-hydroxylation sites is 2. The molecule has 0 unspecified atom stereocenters. The molecule has 4 aromatic carbocycles. The highest BCUT2D eigenvalue weighted by Crippen LogP contribution is 2.50. The summed E-state index contributed by atoms with van der Waals surface area (Å²) in [6.45, 7) is 10.3. The van der Waals surface area contributed by atoms with Crippen LogP contribution in [0.25, 0.3) is 0 Å². The average molecular weight is 883 g/mol. The molecule has 0 bridgehead atoms. The first kappa shape index (κ1) is 44.8. The molecule has 4 aromatic rings. The van der Waals surface area contributed by atoms with E-state index in [0.29, 0.717) is 29.7 Å². The third-order valence-corrected chi connectivity index (χ3v) is 16.0. The van der Waals surface area contributed by atoms with E-state index in [-0.39, 0.29) is 0 Å². The number of fused-ring (bicyclic) bond motifs is 4. The predicted molar refractivity (Wildman–Crippen MR) is 238 cm³/mol. The maximum Gasteiger partial charge on any atom is 0.416 e. The summed E-state index contributed by atoms with van der Waals surface area (Å²) >= 11 is 3.24. The van der Waals surface area contributed by atoms with E-state index in [1.54, 1.807) is 49.8 Å². The van der Waals surface area contributed by atoms with Crippen molar-refractivity contribution in [2.45, 2.75) is 62.8 Å². The lowest BCUT2D eigenvalue weighted by molar-refractivity contribution is -0.137. The molecule has 9 nitrogen and oxygen atoms in total. The van der Waals surface area contributed by atoms with Gasteiger partial charge in [-0.2, -0.15) is 13.2 Å². The Morgan fingerprint density at radius 2 is 1.17 bits per heavy atom. The minimum atomic E-state index is -4.33. The van der Waals surface area contributed by atoms with E-state index in [9.17, 15) is 21.6 Å². The lowest BCUT2D eigenvalue weighted by Crippen LogP contribution is -2.45. The van der Waals surface area contributed by atoms with Gasteiger partial charge in [0.25, 0.3) is 0 Å². The summed E-state index contributed by atoms with van der Waals surface area (Å²) < 4.78 is 66.6. The number of hydrogen-bond donors (Lipinski definition) is 1. The molecule has 15 heteroatoms. The van der Waals surface area contributed by atoms with Gasteiger partial charge in [-0.3, -0.25) is 0 Å². The Bertz CT molecular complexity index is 2180. The van der Waals surface area contributed by atoms with Crippen molar-refractivity contribution in [2.75, 3.05) is 103 Å². The van der Waals surface area contributed by atoms with Gasteiger partial charge in [0.15, 0.2) is 0 Å². The largest absolute Gasteiger partial charge is 0.416 e. The molecule has 4 aliphatic rings. The summed E-state index contributed by atoms with van der Waals surface area (Å²) in [7, 11) is 1.79. The molecule has 1 N–H and O–H groups in total. The number of aliphatic hydroxyl groups is 1. The third-order valence-electron chi connectivity index (χ3n) is 11.9. The highest BCUT2D eigenvalue weighted by molar-refractivity contribution is 8.00. The monoisotopic (exact) mass is 882 g/mol. The second-order valence-corrected chi connectivity index (χ2v) is 20.5. The summed E-state index contributed by atoms with van der Waals surface area (Å²) in [4.78, 5) is 16.2. The lowest BCUT2D eigenvalue weighted by atomic mass is 9.94. The molecule has 0 radical (unpaired) electrons. The number of piperidine rings is 1. The smallest absolute Gasteiger partial charge is 0.396 e. The van der Waals surface area contributed by atoms with Crippen molar-refractivity contribution < 1.29 is 26.7 Å². The van der Waals surface area contributed by atoms with Gasteiger partial charge in [-0.1, -0.05) is 47.8 Å². The molecule has 60 heavy (non-hydrogen) atoms. The summed E-state index contributed by atoms with van der Waals surface area (Å²) in [5.41, 5.74) is 3.19. The number of halogens is 3. The maximum atomic E-state index is 13.3. The quantitative estimate of drug-likeness (QED) is 0.149.